The van der Waals surface area contributed by atoms with Crippen molar-refractivity contribution in [2.75, 3.05) is 6.61 Å². The number of aldehydes is 1. The van der Waals surface area contributed by atoms with Crippen LogP contribution < -0.4 is 4.74 Å². The van der Waals surface area contributed by atoms with Gasteiger partial charge in [-0.2, -0.15) is 0 Å². The molecule has 1 aliphatic heterocycles. The normalized spacial score (nSPS) is 12.9. The van der Waals surface area contributed by atoms with E-state index in [0.29, 0.717) is 0 Å². The molecule has 0 bridgehead atoms. The van der Waals surface area contributed by atoms with E-state index < -0.39 is 0 Å². The number of fused-ring (bicyclic) bond motifs is 1. The number of hydrogen-bond acceptors (Lipinski definition) is 2. The largest absolute Gasteiger partial charge is 0.493 e. The summed E-state index contributed by atoms with van der Waals surface area (Å²) in [5.74, 6) is 1.00. The lowest BCUT2D eigenvalue weighted by Gasteiger charge is -2.08. The summed E-state index contributed by atoms with van der Waals surface area (Å²) in [5.41, 5.74) is 5.48. The first-order chi connectivity index (χ1) is 8.78. The predicted molar refractivity (Wildman–Crippen MR) is 71.2 cm³/mol. The smallest absolute Gasteiger partial charge is 0.150 e. The quantitative estimate of drug-likeness (QED) is 0.749. The zero-order valence-corrected chi connectivity index (χ0v) is 10.3. The highest BCUT2D eigenvalue weighted by atomic mass is 16.5. The van der Waals surface area contributed by atoms with Crippen LogP contribution in [0.2, 0.25) is 0 Å². The van der Waals surface area contributed by atoms with E-state index in [0.717, 1.165) is 36.2 Å². The molecule has 90 valence electrons. The van der Waals surface area contributed by atoms with Gasteiger partial charge in [0.25, 0.3) is 0 Å². The van der Waals surface area contributed by atoms with Crippen molar-refractivity contribution in [3.8, 4) is 16.9 Å². The predicted octanol–water partition coefficient (Wildman–Crippen LogP) is 3.41. The second kappa shape index (κ2) is 4.30. The lowest BCUT2D eigenvalue weighted by Crippen LogP contribution is -1.88. The molecule has 0 fully saturated rings. The van der Waals surface area contributed by atoms with Gasteiger partial charge in [-0.15, -0.1) is 0 Å². The fourth-order valence-corrected chi connectivity index (χ4v) is 2.44. The minimum absolute atomic E-state index is 0.723. The number of rotatable bonds is 2. The Morgan fingerprint density at radius 2 is 2.06 bits per heavy atom. The third-order valence-electron chi connectivity index (χ3n) is 3.39. The lowest BCUT2D eigenvalue weighted by atomic mass is 9.97. The fourth-order valence-electron chi connectivity index (χ4n) is 2.44. The summed E-state index contributed by atoms with van der Waals surface area (Å²) >= 11 is 0. The van der Waals surface area contributed by atoms with Crippen LogP contribution in [0.3, 0.4) is 0 Å². The topological polar surface area (TPSA) is 26.3 Å². The molecule has 0 unspecified atom stereocenters. The van der Waals surface area contributed by atoms with Crippen LogP contribution in [0, 0.1) is 6.92 Å². The third-order valence-corrected chi connectivity index (χ3v) is 3.39. The molecule has 3 rings (SSSR count). The van der Waals surface area contributed by atoms with Crippen LogP contribution in [0.1, 0.15) is 21.5 Å². The van der Waals surface area contributed by atoms with Gasteiger partial charge in [0.2, 0.25) is 0 Å². The number of carbonyl (C=O) groups is 1. The van der Waals surface area contributed by atoms with Gasteiger partial charge >= 0.3 is 0 Å². The van der Waals surface area contributed by atoms with E-state index in [2.05, 4.69) is 12.1 Å². The second-order valence-electron chi connectivity index (χ2n) is 4.61. The van der Waals surface area contributed by atoms with Crippen molar-refractivity contribution in [1.82, 2.24) is 0 Å². The Kier molecular flexibility index (Phi) is 2.63. The summed E-state index contributed by atoms with van der Waals surface area (Å²) in [6.07, 6.45) is 1.86. The van der Waals surface area contributed by atoms with E-state index >= 15 is 0 Å². The molecule has 18 heavy (non-hydrogen) atoms. The van der Waals surface area contributed by atoms with E-state index in [-0.39, 0.29) is 0 Å². The standard InChI is InChI=1S/C16H14O2/c1-11-8-12(10-17)2-4-15(11)13-3-5-16-14(9-13)6-7-18-16/h2-5,8-10H,6-7H2,1H3. The molecular weight excluding hydrogens is 224 g/mol. The highest BCUT2D eigenvalue weighted by molar-refractivity contribution is 5.79. The summed E-state index contributed by atoms with van der Waals surface area (Å²) < 4.78 is 5.51. The maximum atomic E-state index is 10.7. The number of ether oxygens (including phenoxy) is 1. The molecular formula is C16H14O2. The van der Waals surface area contributed by atoms with Gasteiger partial charge in [-0.3, -0.25) is 4.79 Å². The second-order valence-corrected chi connectivity index (χ2v) is 4.61. The van der Waals surface area contributed by atoms with Crippen LogP contribution in [0.4, 0.5) is 0 Å². The number of aryl methyl sites for hydroxylation is 1. The van der Waals surface area contributed by atoms with Crippen molar-refractivity contribution in [2.24, 2.45) is 0 Å². The molecule has 0 atom stereocenters. The Labute approximate surface area is 106 Å². The SMILES string of the molecule is Cc1cc(C=O)ccc1-c1ccc2c(c1)CCO2. The van der Waals surface area contributed by atoms with Crippen molar-refractivity contribution in [1.29, 1.82) is 0 Å². The maximum Gasteiger partial charge on any atom is 0.150 e. The molecule has 0 radical (unpaired) electrons. The van der Waals surface area contributed by atoms with Crippen LogP contribution in [0.15, 0.2) is 36.4 Å². The molecule has 0 saturated heterocycles. The number of carbonyl (C=O) groups excluding carboxylic acids is 1. The molecule has 0 aromatic heterocycles. The third kappa shape index (κ3) is 1.80. The molecule has 0 aliphatic carbocycles. The molecule has 2 heteroatoms. The van der Waals surface area contributed by atoms with Crippen molar-refractivity contribution >= 4 is 6.29 Å². The molecule has 1 aliphatic rings. The average molecular weight is 238 g/mol. The van der Waals surface area contributed by atoms with E-state index in [1.54, 1.807) is 0 Å². The van der Waals surface area contributed by atoms with Crippen LogP contribution in [-0.4, -0.2) is 12.9 Å². The highest BCUT2D eigenvalue weighted by Gasteiger charge is 2.13. The van der Waals surface area contributed by atoms with Crippen LogP contribution >= 0.6 is 0 Å². The Balaban J connectivity index is 2.07. The first kappa shape index (κ1) is 11.0. The van der Waals surface area contributed by atoms with Crippen LogP contribution in [0.5, 0.6) is 5.75 Å². The van der Waals surface area contributed by atoms with Gasteiger partial charge in [-0.05, 0) is 47.4 Å². The zero-order chi connectivity index (χ0) is 12.5. The van der Waals surface area contributed by atoms with E-state index in [1.807, 2.05) is 31.2 Å². The highest BCUT2D eigenvalue weighted by Crippen LogP contribution is 2.31. The van der Waals surface area contributed by atoms with Gasteiger partial charge in [-0.1, -0.05) is 18.2 Å². The molecule has 0 spiro atoms. The first-order valence-corrected chi connectivity index (χ1v) is 6.10. The van der Waals surface area contributed by atoms with Crippen LogP contribution in [0.25, 0.3) is 11.1 Å². The van der Waals surface area contributed by atoms with Gasteiger partial charge in [0.1, 0.15) is 12.0 Å². The van der Waals surface area contributed by atoms with Crippen LogP contribution in [-0.2, 0) is 6.42 Å². The summed E-state index contributed by atoms with van der Waals surface area (Å²) in [6.45, 7) is 2.81. The van der Waals surface area contributed by atoms with E-state index in [9.17, 15) is 4.79 Å². The molecule has 2 nitrogen and oxygen atoms in total. The summed E-state index contributed by atoms with van der Waals surface area (Å²) in [5, 5.41) is 0. The summed E-state index contributed by atoms with van der Waals surface area (Å²) in [6, 6.07) is 12.1. The van der Waals surface area contributed by atoms with Gasteiger partial charge < -0.3 is 4.74 Å². The molecule has 0 N–H and O–H groups in total. The first-order valence-electron chi connectivity index (χ1n) is 6.10. The maximum absolute atomic E-state index is 10.7. The van der Waals surface area contributed by atoms with Crippen molar-refractivity contribution in [3.63, 3.8) is 0 Å². The zero-order valence-electron chi connectivity index (χ0n) is 10.3. The minimum Gasteiger partial charge on any atom is -0.493 e. The van der Waals surface area contributed by atoms with Gasteiger partial charge in [-0.25, -0.2) is 0 Å². The van der Waals surface area contributed by atoms with E-state index in [4.69, 9.17) is 4.74 Å². The minimum atomic E-state index is 0.723. The molecule has 2 aromatic rings. The molecule has 0 saturated carbocycles. The summed E-state index contributed by atoms with van der Waals surface area (Å²) in [7, 11) is 0. The molecule has 0 amide bonds. The Bertz CT molecular complexity index is 614. The summed E-state index contributed by atoms with van der Waals surface area (Å²) in [4.78, 5) is 10.7. The monoisotopic (exact) mass is 238 g/mol. The van der Waals surface area contributed by atoms with Crippen molar-refractivity contribution in [3.05, 3.63) is 53.1 Å². The van der Waals surface area contributed by atoms with Gasteiger partial charge in [0, 0.05) is 12.0 Å². The Morgan fingerprint density at radius 1 is 1.17 bits per heavy atom. The molecule has 2 aromatic carbocycles. The number of hydrogen-bond donors (Lipinski definition) is 0. The average Bonchev–Trinajstić information content (AvgIpc) is 2.85. The lowest BCUT2D eigenvalue weighted by molar-refractivity contribution is 0.112. The van der Waals surface area contributed by atoms with Crippen molar-refractivity contribution < 1.29 is 9.53 Å². The van der Waals surface area contributed by atoms with E-state index in [1.165, 1.54) is 16.7 Å². The van der Waals surface area contributed by atoms with Gasteiger partial charge in [0.05, 0.1) is 6.61 Å². The van der Waals surface area contributed by atoms with Crippen molar-refractivity contribution in [2.45, 2.75) is 13.3 Å². The molecule has 1 heterocycles. The van der Waals surface area contributed by atoms with Gasteiger partial charge in [0.15, 0.2) is 0 Å². The number of benzene rings is 2. The Morgan fingerprint density at radius 3 is 2.83 bits per heavy atom. The Hall–Kier alpha value is -2.09. The fraction of sp³-hybridized carbons (Fsp3) is 0.188.